The van der Waals surface area contributed by atoms with E-state index in [0.29, 0.717) is 29.1 Å². The summed E-state index contributed by atoms with van der Waals surface area (Å²) in [5.41, 5.74) is 1.38. The van der Waals surface area contributed by atoms with Crippen molar-refractivity contribution in [1.82, 2.24) is 0 Å². The number of hydrogen-bond acceptors (Lipinski definition) is 8. The molecule has 0 radical (unpaired) electrons. The van der Waals surface area contributed by atoms with Gasteiger partial charge in [0.1, 0.15) is 5.76 Å². The second kappa shape index (κ2) is 7.38. The maximum absolute atomic E-state index is 11.8. The molecule has 152 valence electrons. The Bertz CT molecular complexity index is 1140. The molecule has 0 aliphatic heterocycles. The van der Waals surface area contributed by atoms with Gasteiger partial charge in [-0.15, -0.1) is 0 Å². The highest BCUT2D eigenvalue weighted by atomic mass is 16.5. The Kier molecular flexibility index (Phi) is 5.11. The number of phenolic OH excluding ortho intramolecular Hbond substituents is 2. The minimum Gasteiger partial charge on any atom is -0.504 e. The summed E-state index contributed by atoms with van der Waals surface area (Å²) in [6, 6.07) is 1.55. The highest BCUT2D eigenvalue weighted by molar-refractivity contribution is 6.05. The van der Waals surface area contributed by atoms with Crippen LogP contribution in [0, 0.1) is 13.8 Å². The van der Waals surface area contributed by atoms with E-state index in [1.165, 1.54) is 21.3 Å². The molecule has 0 aliphatic rings. The minimum absolute atomic E-state index is 0.0200. The first-order chi connectivity index (χ1) is 13.9. The van der Waals surface area contributed by atoms with Crippen LogP contribution in [0.2, 0.25) is 0 Å². The Morgan fingerprint density at radius 2 is 1.41 bits per heavy atom. The molecule has 8 nitrogen and oxygen atoms in total. The molecular weight excluding hydrogens is 380 g/mol. The zero-order valence-corrected chi connectivity index (χ0v) is 16.6. The molecule has 0 spiro atoms. The lowest BCUT2D eigenvalue weighted by atomic mass is 9.96. The molecule has 0 bridgehead atoms. The van der Waals surface area contributed by atoms with Crippen LogP contribution in [-0.4, -0.2) is 44.1 Å². The van der Waals surface area contributed by atoms with Crippen molar-refractivity contribution < 1.29 is 38.4 Å². The molecule has 0 aliphatic carbocycles. The third-order valence-corrected chi connectivity index (χ3v) is 4.96. The van der Waals surface area contributed by atoms with Crippen LogP contribution in [0.25, 0.3) is 22.3 Å². The highest BCUT2D eigenvalue weighted by Gasteiger charge is 2.28. The molecule has 0 amide bonds. The average Bonchev–Trinajstić information content (AvgIpc) is 3.13. The lowest BCUT2D eigenvalue weighted by Gasteiger charge is -2.17. The zero-order valence-electron chi connectivity index (χ0n) is 16.6. The largest absolute Gasteiger partial charge is 0.504 e. The second-order valence-electron chi connectivity index (χ2n) is 6.34. The number of methoxy groups -OCH3 is 3. The van der Waals surface area contributed by atoms with Gasteiger partial charge in [0.2, 0.25) is 11.5 Å². The van der Waals surface area contributed by atoms with Gasteiger partial charge in [0.15, 0.2) is 35.4 Å². The van der Waals surface area contributed by atoms with Crippen molar-refractivity contribution >= 4 is 23.5 Å². The maximum Gasteiger partial charge on any atom is 0.204 e. The smallest absolute Gasteiger partial charge is 0.204 e. The molecule has 0 atom stereocenters. The Morgan fingerprint density at radius 1 is 0.828 bits per heavy atom. The first-order valence-corrected chi connectivity index (χ1v) is 8.57. The standard InChI is InChI=1S/C21H20O8/c1-9-12(7-22)11-6-14(29-19(11)20(27-4)16(9)24)15-10(2)18(26-3)21(28-5)17(25)13(15)8-23/h6-8,24-25H,1-5H3. The Labute approximate surface area is 166 Å². The van der Waals surface area contributed by atoms with E-state index >= 15 is 0 Å². The van der Waals surface area contributed by atoms with Crippen molar-refractivity contribution in [3.05, 3.63) is 28.3 Å². The number of phenols is 2. The van der Waals surface area contributed by atoms with Gasteiger partial charge >= 0.3 is 0 Å². The van der Waals surface area contributed by atoms with Gasteiger partial charge in [-0.25, -0.2) is 0 Å². The fourth-order valence-electron chi connectivity index (χ4n) is 3.53. The van der Waals surface area contributed by atoms with Crippen molar-refractivity contribution in [2.45, 2.75) is 13.8 Å². The van der Waals surface area contributed by atoms with Gasteiger partial charge < -0.3 is 28.8 Å². The molecule has 3 rings (SSSR count). The number of benzene rings is 2. The number of fused-ring (bicyclic) bond motifs is 1. The van der Waals surface area contributed by atoms with Crippen LogP contribution >= 0.6 is 0 Å². The summed E-state index contributed by atoms with van der Waals surface area (Å²) in [7, 11) is 4.11. The normalized spacial score (nSPS) is 10.8. The third-order valence-electron chi connectivity index (χ3n) is 4.96. The summed E-state index contributed by atoms with van der Waals surface area (Å²) in [5.74, 6) is -0.127. The van der Waals surface area contributed by atoms with E-state index in [2.05, 4.69) is 0 Å². The lowest BCUT2D eigenvalue weighted by molar-refractivity contribution is 0.111. The van der Waals surface area contributed by atoms with Crippen molar-refractivity contribution in [3.63, 3.8) is 0 Å². The summed E-state index contributed by atoms with van der Waals surface area (Å²) in [4.78, 5) is 23.4. The van der Waals surface area contributed by atoms with E-state index in [9.17, 15) is 19.8 Å². The molecule has 8 heteroatoms. The molecule has 1 aromatic heterocycles. The van der Waals surface area contributed by atoms with Crippen molar-refractivity contribution in [1.29, 1.82) is 0 Å². The molecule has 2 N–H and O–H groups in total. The number of furan rings is 1. The van der Waals surface area contributed by atoms with Gasteiger partial charge in [-0.2, -0.15) is 0 Å². The quantitative estimate of drug-likeness (QED) is 0.601. The number of aromatic hydroxyl groups is 2. The van der Waals surface area contributed by atoms with Gasteiger partial charge in [-0.3, -0.25) is 9.59 Å². The number of aldehydes is 2. The number of ether oxygens (including phenoxy) is 3. The molecular formula is C21H20O8. The summed E-state index contributed by atoms with van der Waals surface area (Å²) in [6.07, 6.45) is 1.09. The number of rotatable bonds is 6. The van der Waals surface area contributed by atoms with Crippen molar-refractivity contribution in [2.24, 2.45) is 0 Å². The van der Waals surface area contributed by atoms with Crippen LogP contribution in [0.4, 0.5) is 0 Å². The molecule has 2 aromatic carbocycles. The first kappa shape index (κ1) is 20.1. The Balaban J connectivity index is 2.48. The predicted molar refractivity (Wildman–Crippen MR) is 105 cm³/mol. The fourth-order valence-corrected chi connectivity index (χ4v) is 3.53. The number of carbonyl (C=O) groups is 2. The summed E-state index contributed by atoms with van der Waals surface area (Å²) in [6.45, 7) is 3.26. The van der Waals surface area contributed by atoms with Gasteiger partial charge in [0, 0.05) is 27.6 Å². The predicted octanol–water partition coefficient (Wildman–Crippen LogP) is 3.78. The van der Waals surface area contributed by atoms with Crippen LogP contribution in [0.15, 0.2) is 10.5 Å². The third kappa shape index (κ3) is 2.75. The maximum atomic E-state index is 11.8. The molecule has 3 aromatic rings. The van der Waals surface area contributed by atoms with Gasteiger partial charge in [-0.1, -0.05) is 0 Å². The van der Waals surface area contributed by atoms with Crippen LogP contribution in [0.5, 0.6) is 28.7 Å². The lowest BCUT2D eigenvalue weighted by Crippen LogP contribution is -2.00. The minimum atomic E-state index is -0.401. The molecule has 0 saturated heterocycles. The van der Waals surface area contributed by atoms with Crippen LogP contribution in [0.1, 0.15) is 31.8 Å². The summed E-state index contributed by atoms with van der Waals surface area (Å²) < 4.78 is 21.7. The van der Waals surface area contributed by atoms with Crippen LogP contribution in [0.3, 0.4) is 0 Å². The van der Waals surface area contributed by atoms with Crippen molar-refractivity contribution in [2.75, 3.05) is 21.3 Å². The molecule has 0 saturated carbocycles. The molecule has 1 heterocycles. The monoisotopic (exact) mass is 400 g/mol. The Hall–Kier alpha value is -3.68. The van der Waals surface area contributed by atoms with E-state index in [1.807, 2.05) is 0 Å². The van der Waals surface area contributed by atoms with Gasteiger partial charge in [0.25, 0.3) is 0 Å². The van der Waals surface area contributed by atoms with E-state index < -0.39 is 5.75 Å². The van der Waals surface area contributed by atoms with Crippen LogP contribution < -0.4 is 14.2 Å². The SMILES string of the molecule is COc1c(C)c(-c2cc3c(C=O)c(C)c(O)c(OC)c3o2)c(C=O)c(O)c1OC. The number of carbonyl (C=O) groups excluding carboxylic acids is 2. The molecule has 0 fully saturated rings. The first-order valence-electron chi connectivity index (χ1n) is 8.57. The fraction of sp³-hybridized carbons (Fsp3) is 0.238. The summed E-state index contributed by atoms with van der Waals surface area (Å²) in [5, 5.41) is 21.3. The zero-order chi connectivity index (χ0) is 21.5. The number of hydrogen-bond donors (Lipinski definition) is 2. The van der Waals surface area contributed by atoms with E-state index in [0.717, 1.165) is 0 Å². The van der Waals surface area contributed by atoms with E-state index in [-0.39, 0.29) is 51.0 Å². The molecule has 29 heavy (non-hydrogen) atoms. The van der Waals surface area contributed by atoms with E-state index in [1.54, 1.807) is 19.9 Å². The van der Waals surface area contributed by atoms with E-state index in [4.69, 9.17) is 18.6 Å². The van der Waals surface area contributed by atoms with Crippen LogP contribution in [-0.2, 0) is 0 Å². The second-order valence-corrected chi connectivity index (χ2v) is 6.34. The highest BCUT2D eigenvalue weighted by Crippen LogP contribution is 2.50. The van der Waals surface area contributed by atoms with Gasteiger partial charge in [-0.05, 0) is 19.9 Å². The average molecular weight is 400 g/mol. The Morgan fingerprint density at radius 3 is 1.93 bits per heavy atom. The summed E-state index contributed by atoms with van der Waals surface area (Å²) >= 11 is 0. The topological polar surface area (TPSA) is 115 Å². The van der Waals surface area contributed by atoms with Gasteiger partial charge in [0.05, 0.1) is 26.9 Å². The van der Waals surface area contributed by atoms with Crippen molar-refractivity contribution in [3.8, 4) is 40.1 Å². The molecule has 0 unspecified atom stereocenters.